The number of amides is 2. The molecule has 1 heterocycles. The molecule has 0 aromatic heterocycles. The van der Waals surface area contributed by atoms with Crippen molar-refractivity contribution in [2.45, 2.75) is 44.6 Å². The van der Waals surface area contributed by atoms with Gasteiger partial charge >= 0.3 is 5.97 Å². The summed E-state index contributed by atoms with van der Waals surface area (Å²) in [6.07, 6.45) is 1.04. The number of carbonyl (C=O) groups is 3. The number of rotatable bonds is 5. The molecule has 2 amide bonds. The van der Waals surface area contributed by atoms with Gasteiger partial charge < -0.3 is 15.7 Å². The summed E-state index contributed by atoms with van der Waals surface area (Å²) in [5.74, 6) is -1.26. The predicted octanol–water partition coefficient (Wildman–Crippen LogP) is 2.74. The van der Waals surface area contributed by atoms with Gasteiger partial charge in [-0.3, -0.25) is 9.59 Å². The van der Waals surface area contributed by atoms with Crippen molar-refractivity contribution in [3.05, 3.63) is 23.8 Å². The van der Waals surface area contributed by atoms with Gasteiger partial charge in [-0.1, -0.05) is 20.8 Å². The van der Waals surface area contributed by atoms with Gasteiger partial charge in [0.15, 0.2) is 0 Å². The molecule has 7 heteroatoms. The molecule has 0 bridgehead atoms. The molecular formula is C17H22N2O4S. The zero-order valence-electron chi connectivity index (χ0n) is 14.0. The van der Waals surface area contributed by atoms with Gasteiger partial charge in [-0.05, 0) is 36.5 Å². The Labute approximate surface area is 145 Å². The van der Waals surface area contributed by atoms with E-state index in [1.165, 1.54) is 11.8 Å². The van der Waals surface area contributed by atoms with E-state index >= 15 is 0 Å². The van der Waals surface area contributed by atoms with Crippen LogP contribution >= 0.6 is 11.8 Å². The second-order valence-corrected chi connectivity index (χ2v) is 8.03. The Balaban J connectivity index is 2.08. The molecule has 3 N–H and O–H groups in total. The van der Waals surface area contributed by atoms with Gasteiger partial charge in [-0.2, -0.15) is 0 Å². The lowest BCUT2D eigenvalue weighted by atomic mass is 9.88. The number of hydrogen-bond donors (Lipinski definition) is 3. The predicted molar refractivity (Wildman–Crippen MR) is 93.4 cm³/mol. The maximum absolute atomic E-state index is 12.4. The summed E-state index contributed by atoms with van der Waals surface area (Å²) in [7, 11) is 0. The van der Waals surface area contributed by atoms with Crippen LogP contribution in [0.4, 0.5) is 5.69 Å². The summed E-state index contributed by atoms with van der Waals surface area (Å²) >= 11 is 1.41. The topological polar surface area (TPSA) is 95.5 Å². The Hall–Kier alpha value is -2.02. The van der Waals surface area contributed by atoms with Crippen LogP contribution in [-0.4, -0.2) is 34.7 Å². The lowest BCUT2D eigenvalue weighted by molar-refractivity contribution is -0.139. The van der Waals surface area contributed by atoms with Crippen LogP contribution in [0.3, 0.4) is 0 Å². The minimum absolute atomic E-state index is 0.00818. The fourth-order valence-corrected chi connectivity index (χ4v) is 3.09. The minimum atomic E-state index is -1.05. The second-order valence-electron chi connectivity index (χ2n) is 7.01. The molecule has 24 heavy (non-hydrogen) atoms. The van der Waals surface area contributed by atoms with Crippen molar-refractivity contribution in [1.29, 1.82) is 0 Å². The highest BCUT2D eigenvalue weighted by atomic mass is 32.2. The molecule has 0 saturated heterocycles. The van der Waals surface area contributed by atoms with E-state index in [2.05, 4.69) is 10.6 Å². The molecule has 0 aliphatic carbocycles. The number of hydrogen-bond acceptors (Lipinski definition) is 4. The summed E-state index contributed by atoms with van der Waals surface area (Å²) in [5, 5.41) is 14.6. The first-order valence-electron chi connectivity index (χ1n) is 7.76. The van der Waals surface area contributed by atoms with Gasteiger partial charge in [-0.25, -0.2) is 4.79 Å². The van der Waals surface area contributed by atoms with E-state index in [4.69, 9.17) is 0 Å². The number of nitrogens with one attached hydrogen (secondary N) is 2. The van der Waals surface area contributed by atoms with E-state index < -0.39 is 17.9 Å². The first kappa shape index (κ1) is 18.3. The van der Waals surface area contributed by atoms with E-state index in [0.29, 0.717) is 29.8 Å². The molecule has 1 aromatic carbocycles. The van der Waals surface area contributed by atoms with Gasteiger partial charge in [0.2, 0.25) is 5.91 Å². The Morgan fingerprint density at radius 1 is 1.38 bits per heavy atom. The van der Waals surface area contributed by atoms with Crippen molar-refractivity contribution in [3.63, 3.8) is 0 Å². The molecule has 1 aromatic rings. The maximum Gasteiger partial charge on any atom is 0.326 e. The highest BCUT2D eigenvalue weighted by molar-refractivity contribution is 8.00. The number of anilines is 1. The highest BCUT2D eigenvalue weighted by Crippen LogP contribution is 2.32. The van der Waals surface area contributed by atoms with Gasteiger partial charge in [0, 0.05) is 10.5 Å². The first-order chi connectivity index (χ1) is 11.2. The fourth-order valence-electron chi connectivity index (χ4n) is 2.30. The third kappa shape index (κ3) is 4.99. The number of benzene rings is 1. The normalized spacial score (nSPS) is 15.2. The smallest absolute Gasteiger partial charge is 0.326 e. The van der Waals surface area contributed by atoms with E-state index in [0.717, 1.165) is 4.90 Å². The average molecular weight is 350 g/mol. The molecule has 1 unspecified atom stereocenters. The van der Waals surface area contributed by atoms with Gasteiger partial charge in [0.25, 0.3) is 5.91 Å². The van der Waals surface area contributed by atoms with Crippen molar-refractivity contribution >= 4 is 35.2 Å². The molecule has 6 nitrogen and oxygen atoms in total. The monoisotopic (exact) mass is 350 g/mol. The molecule has 1 atom stereocenters. The molecule has 0 fully saturated rings. The Bertz CT molecular complexity index is 667. The van der Waals surface area contributed by atoms with Crippen molar-refractivity contribution in [2.24, 2.45) is 5.41 Å². The number of aliphatic carboxylic acids is 1. The van der Waals surface area contributed by atoms with Crippen LogP contribution in [0.1, 0.15) is 44.0 Å². The van der Waals surface area contributed by atoms with Crippen LogP contribution in [0.25, 0.3) is 0 Å². The van der Waals surface area contributed by atoms with Gasteiger partial charge in [0.1, 0.15) is 6.04 Å². The fraction of sp³-hybridized carbons (Fsp3) is 0.471. The van der Waals surface area contributed by atoms with Crippen LogP contribution in [0.2, 0.25) is 0 Å². The van der Waals surface area contributed by atoms with Crippen LogP contribution in [-0.2, 0) is 9.59 Å². The lowest BCUT2D eigenvalue weighted by Crippen LogP contribution is -2.41. The van der Waals surface area contributed by atoms with Gasteiger partial charge in [-0.15, -0.1) is 11.8 Å². The lowest BCUT2D eigenvalue weighted by Gasteiger charge is -2.22. The molecule has 1 aliphatic rings. The summed E-state index contributed by atoms with van der Waals surface area (Å²) in [6.45, 7) is 6.08. The van der Waals surface area contributed by atoms with Crippen LogP contribution in [0, 0.1) is 5.41 Å². The second kappa shape index (κ2) is 7.25. The highest BCUT2D eigenvalue weighted by Gasteiger charge is 2.24. The largest absolute Gasteiger partial charge is 0.480 e. The minimum Gasteiger partial charge on any atom is -0.480 e. The van der Waals surface area contributed by atoms with E-state index in [-0.39, 0.29) is 11.3 Å². The Kier molecular flexibility index (Phi) is 5.54. The van der Waals surface area contributed by atoms with Crippen molar-refractivity contribution in [2.75, 3.05) is 11.1 Å². The van der Waals surface area contributed by atoms with Crippen molar-refractivity contribution in [1.82, 2.24) is 5.32 Å². The number of thioether (sulfide) groups is 1. The third-order valence-electron chi connectivity index (χ3n) is 3.66. The zero-order chi connectivity index (χ0) is 17.9. The SMILES string of the molecule is CC(C)(C)CCC(NC(=O)c1ccc2c(c1)NC(=O)CS2)C(=O)O. The van der Waals surface area contributed by atoms with Crippen LogP contribution < -0.4 is 10.6 Å². The third-order valence-corrected chi connectivity index (χ3v) is 4.73. The number of carboxylic acids is 1. The molecule has 130 valence electrons. The molecular weight excluding hydrogens is 328 g/mol. The maximum atomic E-state index is 12.4. The molecule has 1 aliphatic heterocycles. The van der Waals surface area contributed by atoms with Crippen LogP contribution in [0.5, 0.6) is 0 Å². The number of carbonyl (C=O) groups excluding carboxylic acids is 2. The van der Waals surface area contributed by atoms with Crippen molar-refractivity contribution < 1.29 is 19.5 Å². The summed E-state index contributed by atoms with van der Waals surface area (Å²) < 4.78 is 0. The zero-order valence-corrected chi connectivity index (χ0v) is 14.8. The van der Waals surface area contributed by atoms with Crippen molar-refractivity contribution in [3.8, 4) is 0 Å². The standard InChI is InChI=1S/C17H22N2O4S/c1-17(2,3)7-6-11(16(22)23)19-15(21)10-4-5-13-12(8-10)18-14(20)9-24-13/h4-5,8,11H,6-7,9H2,1-3H3,(H,18,20)(H,19,21)(H,22,23). The average Bonchev–Trinajstić information content (AvgIpc) is 2.49. The first-order valence-corrected chi connectivity index (χ1v) is 8.75. The van der Waals surface area contributed by atoms with E-state index in [1.54, 1.807) is 18.2 Å². The quantitative estimate of drug-likeness (QED) is 0.759. The van der Waals surface area contributed by atoms with E-state index in [9.17, 15) is 19.5 Å². The summed E-state index contributed by atoms with van der Waals surface area (Å²) in [6, 6.07) is 4.05. The Morgan fingerprint density at radius 3 is 2.71 bits per heavy atom. The van der Waals surface area contributed by atoms with Crippen LogP contribution in [0.15, 0.2) is 23.1 Å². The molecule has 2 rings (SSSR count). The molecule has 0 spiro atoms. The van der Waals surface area contributed by atoms with Gasteiger partial charge in [0.05, 0.1) is 11.4 Å². The molecule has 0 radical (unpaired) electrons. The summed E-state index contributed by atoms with van der Waals surface area (Å²) in [4.78, 5) is 36.1. The number of carboxylic acid groups (broad SMARTS) is 1. The molecule has 0 saturated carbocycles. The van der Waals surface area contributed by atoms with E-state index in [1.807, 2.05) is 20.8 Å². The summed E-state index contributed by atoms with van der Waals surface area (Å²) in [5.41, 5.74) is 0.912. The Morgan fingerprint density at radius 2 is 2.08 bits per heavy atom. The number of fused-ring (bicyclic) bond motifs is 1.